The number of urea groups is 1. The normalized spacial score (nSPS) is 26.0. The second-order valence-electron chi connectivity index (χ2n) is 6.84. The van der Waals surface area contributed by atoms with Gasteiger partial charge in [0.1, 0.15) is 0 Å². The molecule has 0 aromatic carbocycles. The maximum absolute atomic E-state index is 12.6. The van der Waals surface area contributed by atoms with Crippen molar-refractivity contribution in [3.05, 3.63) is 30.1 Å². The maximum atomic E-state index is 12.6. The Hall–Kier alpha value is -1.62. The molecule has 1 spiro atoms. The Balaban J connectivity index is 1.59. The SMILES string of the molecule is CCOC1CC(NC(=O)N(C)C(C)c2cccnc2)C12CCC2. The van der Waals surface area contributed by atoms with Crippen LogP contribution in [0.1, 0.15) is 51.1 Å². The molecule has 0 radical (unpaired) electrons. The molecule has 1 aromatic heterocycles. The number of hydrogen-bond acceptors (Lipinski definition) is 3. The average Bonchev–Trinajstić information content (AvgIpc) is 2.51. The molecule has 5 nitrogen and oxygen atoms in total. The van der Waals surface area contributed by atoms with Crippen molar-refractivity contribution in [1.29, 1.82) is 0 Å². The lowest BCUT2D eigenvalue weighted by Crippen LogP contribution is -2.68. The van der Waals surface area contributed by atoms with Gasteiger partial charge in [0, 0.05) is 37.5 Å². The zero-order valence-corrected chi connectivity index (χ0v) is 14.3. The van der Waals surface area contributed by atoms with E-state index >= 15 is 0 Å². The minimum absolute atomic E-state index is 0.00352. The number of carbonyl (C=O) groups excluding carboxylic acids is 1. The molecule has 0 saturated heterocycles. The van der Waals surface area contributed by atoms with Gasteiger partial charge in [0.05, 0.1) is 12.1 Å². The Morgan fingerprint density at radius 2 is 2.35 bits per heavy atom. The molecule has 3 atom stereocenters. The van der Waals surface area contributed by atoms with E-state index in [-0.39, 0.29) is 23.5 Å². The molecule has 3 unspecified atom stereocenters. The van der Waals surface area contributed by atoms with Crippen LogP contribution < -0.4 is 5.32 Å². The van der Waals surface area contributed by atoms with Gasteiger partial charge in [-0.05, 0) is 44.7 Å². The quantitative estimate of drug-likeness (QED) is 0.908. The standard InChI is InChI=1S/C18H27N3O2/c1-4-23-16-11-15(18(16)8-6-9-18)20-17(22)21(3)13(2)14-7-5-10-19-12-14/h5,7,10,12-13,15-16H,4,6,8-9,11H2,1-3H3,(H,20,22). The number of ether oxygens (including phenoxy) is 1. The van der Waals surface area contributed by atoms with Crippen LogP contribution in [0.3, 0.4) is 0 Å². The molecule has 126 valence electrons. The predicted molar refractivity (Wildman–Crippen MR) is 89.0 cm³/mol. The van der Waals surface area contributed by atoms with Gasteiger partial charge < -0.3 is 15.0 Å². The van der Waals surface area contributed by atoms with Gasteiger partial charge in [-0.25, -0.2) is 4.79 Å². The summed E-state index contributed by atoms with van der Waals surface area (Å²) in [5, 5.41) is 3.23. The highest BCUT2D eigenvalue weighted by molar-refractivity contribution is 5.75. The Morgan fingerprint density at radius 1 is 1.57 bits per heavy atom. The van der Waals surface area contributed by atoms with Crippen molar-refractivity contribution in [2.24, 2.45) is 5.41 Å². The molecule has 23 heavy (non-hydrogen) atoms. The predicted octanol–water partition coefficient (Wildman–Crippen LogP) is 3.13. The van der Waals surface area contributed by atoms with Crippen molar-refractivity contribution in [2.45, 2.75) is 57.7 Å². The first-order valence-corrected chi connectivity index (χ1v) is 8.63. The highest BCUT2D eigenvalue weighted by atomic mass is 16.5. The van der Waals surface area contributed by atoms with Crippen molar-refractivity contribution in [3.8, 4) is 0 Å². The number of amides is 2. The third-order valence-corrected chi connectivity index (χ3v) is 5.80. The monoisotopic (exact) mass is 317 g/mol. The third kappa shape index (κ3) is 2.82. The van der Waals surface area contributed by atoms with Crippen LogP contribution >= 0.6 is 0 Å². The number of nitrogens with one attached hydrogen (secondary N) is 1. The number of aromatic nitrogens is 1. The minimum atomic E-state index is -0.00687. The second-order valence-corrected chi connectivity index (χ2v) is 6.84. The number of hydrogen-bond donors (Lipinski definition) is 1. The highest BCUT2D eigenvalue weighted by Gasteiger charge is 2.59. The molecule has 1 aromatic rings. The lowest BCUT2D eigenvalue weighted by molar-refractivity contribution is -0.169. The van der Waals surface area contributed by atoms with Crippen molar-refractivity contribution >= 4 is 6.03 Å². The van der Waals surface area contributed by atoms with E-state index in [0.29, 0.717) is 6.10 Å². The van der Waals surface area contributed by atoms with E-state index in [0.717, 1.165) is 18.6 Å². The number of nitrogens with zero attached hydrogens (tertiary/aromatic N) is 2. The van der Waals surface area contributed by atoms with E-state index in [4.69, 9.17) is 4.74 Å². The van der Waals surface area contributed by atoms with Crippen LogP contribution in [0.5, 0.6) is 0 Å². The summed E-state index contributed by atoms with van der Waals surface area (Å²) in [5.74, 6) is 0. The molecule has 2 aliphatic carbocycles. The van der Waals surface area contributed by atoms with E-state index in [1.807, 2.05) is 39.2 Å². The van der Waals surface area contributed by atoms with Gasteiger partial charge in [-0.2, -0.15) is 0 Å². The molecule has 0 bridgehead atoms. The Bertz CT molecular complexity index is 544. The van der Waals surface area contributed by atoms with Gasteiger partial charge >= 0.3 is 6.03 Å². The fourth-order valence-electron chi connectivity index (χ4n) is 3.91. The van der Waals surface area contributed by atoms with Crippen LogP contribution in [0, 0.1) is 5.41 Å². The highest BCUT2D eigenvalue weighted by Crippen LogP contribution is 2.57. The number of pyridine rings is 1. The molecule has 2 aliphatic rings. The number of rotatable bonds is 5. The van der Waals surface area contributed by atoms with Crippen molar-refractivity contribution in [3.63, 3.8) is 0 Å². The smallest absolute Gasteiger partial charge is 0.317 e. The van der Waals surface area contributed by atoms with Crippen LogP contribution in [0.4, 0.5) is 4.79 Å². The van der Waals surface area contributed by atoms with Crippen LogP contribution in [-0.2, 0) is 4.74 Å². The summed E-state index contributed by atoms with van der Waals surface area (Å²) in [5.41, 5.74) is 1.24. The minimum Gasteiger partial charge on any atom is -0.378 e. The van der Waals surface area contributed by atoms with E-state index < -0.39 is 0 Å². The molecule has 1 N–H and O–H groups in total. The molecule has 5 heteroatoms. The Kier molecular flexibility index (Phi) is 4.57. The largest absolute Gasteiger partial charge is 0.378 e. The first-order valence-electron chi connectivity index (χ1n) is 8.63. The van der Waals surface area contributed by atoms with Gasteiger partial charge in [0.25, 0.3) is 0 Å². The molecular weight excluding hydrogens is 290 g/mol. The van der Waals surface area contributed by atoms with Crippen LogP contribution in [0.15, 0.2) is 24.5 Å². The van der Waals surface area contributed by atoms with E-state index in [9.17, 15) is 4.79 Å². The summed E-state index contributed by atoms with van der Waals surface area (Å²) in [7, 11) is 1.85. The van der Waals surface area contributed by atoms with Crippen LogP contribution in [0.25, 0.3) is 0 Å². The van der Waals surface area contributed by atoms with Gasteiger partial charge in [-0.3, -0.25) is 4.98 Å². The van der Waals surface area contributed by atoms with E-state index in [1.54, 1.807) is 11.1 Å². The molecule has 2 amide bonds. The van der Waals surface area contributed by atoms with Crippen LogP contribution in [-0.4, -0.2) is 41.7 Å². The summed E-state index contributed by atoms with van der Waals surface area (Å²) < 4.78 is 5.85. The Labute approximate surface area is 138 Å². The summed E-state index contributed by atoms with van der Waals surface area (Å²) in [6, 6.07) is 4.16. The fraction of sp³-hybridized carbons (Fsp3) is 0.667. The lowest BCUT2D eigenvalue weighted by atomic mass is 9.51. The zero-order valence-electron chi connectivity index (χ0n) is 14.3. The Morgan fingerprint density at radius 3 is 2.91 bits per heavy atom. The fourth-order valence-corrected chi connectivity index (χ4v) is 3.91. The second kappa shape index (κ2) is 6.48. The third-order valence-electron chi connectivity index (χ3n) is 5.80. The topological polar surface area (TPSA) is 54.5 Å². The summed E-state index contributed by atoms with van der Waals surface area (Å²) in [6.45, 7) is 4.83. The molecule has 3 rings (SSSR count). The van der Waals surface area contributed by atoms with E-state index in [1.165, 1.54) is 19.3 Å². The molecular formula is C18H27N3O2. The summed E-state index contributed by atoms with van der Waals surface area (Å²) >= 11 is 0. The number of carbonyl (C=O) groups is 1. The summed E-state index contributed by atoms with van der Waals surface area (Å²) in [4.78, 5) is 18.5. The van der Waals surface area contributed by atoms with Crippen molar-refractivity contribution in [1.82, 2.24) is 15.2 Å². The first kappa shape index (κ1) is 16.2. The molecule has 2 fully saturated rings. The van der Waals surface area contributed by atoms with E-state index in [2.05, 4.69) is 10.3 Å². The zero-order chi connectivity index (χ0) is 16.4. The van der Waals surface area contributed by atoms with Gasteiger partial charge in [0.2, 0.25) is 0 Å². The summed E-state index contributed by atoms with van der Waals surface area (Å²) in [6.07, 6.45) is 8.42. The average molecular weight is 317 g/mol. The van der Waals surface area contributed by atoms with Crippen molar-refractivity contribution in [2.75, 3.05) is 13.7 Å². The van der Waals surface area contributed by atoms with Gasteiger partial charge in [-0.1, -0.05) is 12.5 Å². The van der Waals surface area contributed by atoms with Crippen LogP contribution in [0.2, 0.25) is 0 Å². The first-order chi connectivity index (χ1) is 11.1. The maximum Gasteiger partial charge on any atom is 0.317 e. The molecule has 0 aliphatic heterocycles. The lowest BCUT2D eigenvalue weighted by Gasteiger charge is -2.61. The molecule has 2 saturated carbocycles. The molecule has 1 heterocycles. The van der Waals surface area contributed by atoms with Crippen molar-refractivity contribution < 1.29 is 9.53 Å². The van der Waals surface area contributed by atoms with Gasteiger partial charge in [-0.15, -0.1) is 0 Å². The van der Waals surface area contributed by atoms with Gasteiger partial charge in [0.15, 0.2) is 0 Å².